The molecule has 0 bridgehead atoms. The molecular weight excluding hydrogens is 512 g/mol. The van der Waals surface area contributed by atoms with Crippen molar-refractivity contribution < 1.29 is 24.2 Å². The zero-order valence-corrected chi connectivity index (χ0v) is 26.8. The largest absolute Gasteiger partial charge is 0.462 e. The second-order valence-corrected chi connectivity index (χ2v) is 11.2. The summed E-state index contributed by atoms with van der Waals surface area (Å²) in [6.45, 7) is 4.05. The highest BCUT2D eigenvalue weighted by Gasteiger charge is 2.16. The number of ether oxygens (including phenoxy) is 2. The van der Waals surface area contributed by atoms with Gasteiger partial charge in [0.05, 0.1) is 6.61 Å². The molecule has 0 saturated carbocycles. The Labute approximate surface area is 253 Å². The third-order valence-electron chi connectivity index (χ3n) is 7.19. The summed E-state index contributed by atoms with van der Waals surface area (Å²) < 4.78 is 10.5. The number of carbonyl (C=O) groups is 2. The molecule has 5 heteroatoms. The first-order valence-corrected chi connectivity index (χ1v) is 17.0. The number of unbranched alkanes of at least 4 members (excludes halogenated alkanes) is 16. The van der Waals surface area contributed by atoms with Crippen molar-refractivity contribution in [2.45, 2.75) is 168 Å². The Morgan fingerprint density at radius 1 is 0.561 bits per heavy atom. The van der Waals surface area contributed by atoms with Crippen LogP contribution < -0.4 is 0 Å². The standard InChI is InChI=1S/C36H64O5/c1-3-5-7-9-11-13-15-17-18-19-21-22-24-26-28-30-35(38)40-33-34(32-37)41-36(39)31-29-27-25-23-20-16-14-12-10-8-6-4-2/h11,13,17-18,21-22,34,37H,3-10,12,14-16,19-20,23-33H2,1-2H3/b13-11-,18-17-,22-21-/t34-/m0/s1. The molecule has 1 N–H and O–H groups in total. The van der Waals surface area contributed by atoms with E-state index in [4.69, 9.17) is 9.47 Å². The van der Waals surface area contributed by atoms with Crippen LogP contribution in [0.1, 0.15) is 162 Å². The molecule has 0 aromatic rings. The Kier molecular flexibility index (Phi) is 31.1. The minimum atomic E-state index is -0.781. The fraction of sp³-hybridized carbons (Fsp3) is 0.778. The van der Waals surface area contributed by atoms with Gasteiger partial charge in [-0.05, 0) is 51.4 Å². The number of aliphatic hydroxyl groups excluding tert-OH is 1. The molecule has 0 aliphatic heterocycles. The van der Waals surface area contributed by atoms with Crippen LogP contribution in [-0.4, -0.2) is 36.4 Å². The molecule has 0 amide bonds. The maximum absolute atomic E-state index is 12.1. The Balaban J connectivity index is 3.66. The third kappa shape index (κ3) is 30.9. The highest BCUT2D eigenvalue weighted by atomic mass is 16.6. The lowest BCUT2D eigenvalue weighted by molar-refractivity contribution is -0.161. The predicted octanol–water partition coefficient (Wildman–Crippen LogP) is 10.1. The van der Waals surface area contributed by atoms with Crippen molar-refractivity contribution in [3.63, 3.8) is 0 Å². The van der Waals surface area contributed by atoms with E-state index in [0.29, 0.717) is 12.8 Å². The minimum absolute atomic E-state index is 0.0836. The van der Waals surface area contributed by atoms with Gasteiger partial charge in [-0.3, -0.25) is 9.59 Å². The average molecular weight is 577 g/mol. The van der Waals surface area contributed by atoms with Gasteiger partial charge in [-0.25, -0.2) is 0 Å². The van der Waals surface area contributed by atoms with Gasteiger partial charge >= 0.3 is 11.9 Å². The van der Waals surface area contributed by atoms with Crippen LogP contribution in [0, 0.1) is 0 Å². The monoisotopic (exact) mass is 576 g/mol. The summed E-state index contributed by atoms with van der Waals surface area (Å²) in [6.07, 6.45) is 37.7. The van der Waals surface area contributed by atoms with Crippen molar-refractivity contribution >= 4 is 11.9 Å². The van der Waals surface area contributed by atoms with Gasteiger partial charge in [0, 0.05) is 12.8 Å². The summed E-state index contributed by atoms with van der Waals surface area (Å²) in [5, 5.41) is 9.49. The van der Waals surface area contributed by atoms with Crippen LogP contribution in [0.2, 0.25) is 0 Å². The summed E-state index contributed by atoms with van der Waals surface area (Å²) in [7, 11) is 0. The number of aliphatic hydroxyl groups is 1. The van der Waals surface area contributed by atoms with E-state index in [2.05, 4.69) is 50.3 Å². The maximum Gasteiger partial charge on any atom is 0.306 e. The molecule has 0 aliphatic rings. The molecule has 0 heterocycles. The fourth-order valence-corrected chi connectivity index (χ4v) is 4.56. The molecule has 0 fully saturated rings. The zero-order valence-electron chi connectivity index (χ0n) is 26.8. The van der Waals surface area contributed by atoms with E-state index in [-0.39, 0.29) is 25.2 Å². The van der Waals surface area contributed by atoms with Crippen LogP contribution in [0.4, 0.5) is 0 Å². The van der Waals surface area contributed by atoms with Crippen molar-refractivity contribution in [3.8, 4) is 0 Å². The molecule has 41 heavy (non-hydrogen) atoms. The van der Waals surface area contributed by atoms with Gasteiger partial charge in [-0.2, -0.15) is 0 Å². The SMILES string of the molecule is CCCCC/C=C\C/C=C\C/C=C\CCCCC(=O)OC[C@H](CO)OC(=O)CCCCCCCCCCCCCC. The number of allylic oxidation sites excluding steroid dienone is 6. The van der Waals surface area contributed by atoms with E-state index in [0.717, 1.165) is 51.4 Å². The lowest BCUT2D eigenvalue weighted by Gasteiger charge is -2.15. The Bertz CT molecular complexity index is 667. The van der Waals surface area contributed by atoms with Crippen molar-refractivity contribution in [2.75, 3.05) is 13.2 Å². The van der Waals surface area contributed by atoms with Gasteiger partial charge < -0.3 is 14.6 Å². The summed E-state index contributed by atoms with van der Waals surface area (Å²) in [5.41, 5.74) is 0. The molecule has 0 aromatic carbocycles. The summed E-state index contributed by atoms with van der Waals surface area (Å²) in [5.74, 6) is -0.636. The normalized spacial score (nSPS) is 12.6. The van der Waals surface area contributed by atoms with Crippen molar-refractivity contribution in [1.82, 2.24) is 0 Å². The van der Waals surface area contributed by atoms with Crippen molar-refractivity contribution in [1.29, 1.82) is 0 Å². The van der Waals surface area contributed by atoms with E-state index in [9.17, 15) is 14.7 Å². The number of hydrogen-bond acceptors (Lipinski definition) is 5. The second-order valence-electron chi connectivity index (χ2n) is 11.2. The van der Waals surface area contributed by atoms with Crippen molar-refractivity contribution in [3.05, 3.63) is 36.5 Å². The van der Waals surface area contributed by atoms with E-state index in [1.807, 2.05) is 0 Å². The van der Waals surface area contributed by atoms with Crippen LogP contribution in [0.25, 0.3) is 0 Å². The van der Waals surface area contributed by atoms with E-state index in [1.54, 1.807) is 0 Å². The minimum Gasteiger partial charge on any atom is -0.462 e. The molecule has 5 nitrogen and oxygen atoms in total. The smallest absolute Gasteiger partial charge is 0.306 e. The molecule has 1 atom stereocenters. The highest BCUT2D eigenvalue weighted by molar-refractivity contribution is 5.70. The number of carbonyl (C=O) groups excluding carboxylic acids is 2. The van der Waals surface area contributed by atoms with Gasteiger partial charge in [0.2, 0.25) is 0 Å². The molecule has 0 aliphatic carbocycles. The quantitative estimate of drug-likeness (QED) is 0.0523. The van der Waals surface area contributed by atoms with Gasteiger partial charge in [0.25, 0.3) is 0 Å². The van der Waals surface area contributed by atoms with Crippen LogP contribution >= 0.6 is 0 Å². The van der Waals surface area contributed by atoms with Crippen LogP contribution in [0.5, 0.6) is 0 Å². The number of hydrogen-bond donors (Lipinski definition) is 1. The molecule has 0 aromatic heterocycles. The summed E-state index contributed by atoms with van der Waals surface area (Å²) in [4.78, 5) is 24.1. The first-order valence-electron chi connectivity index (χ1n) is 17.0. The zero-order chi connectivity index (χ0) is 30.1. The molecule has 0 saturated heterocycles. The van der Waals surface area contributed by atoms with Crippen LogP contribution in [0.3, 0.4) is 0 Å². The molecular formula is C36H64O5. The van der Waals surface area contributed by atoms with E-state index in [1.165, 1.54) is 83.5 Å². The van der Waals surface area contributed by atoms with Gasteiger partial charge in [0.15, 0.2) is 6.10 Å². The van der Waals surface area contributed by atoms with Crippen LogP contribution in [0.15, 0.2) is 36.5 Å². The van der Waals surface area contributed by atoms with Gasteiger partial charge in [0.1, 0.15) is 6.61 Å². The van der Waals surface area contributed by atoms with Gasteiger partial charge in [-0.15, -0.1) is 0 Å². The Hall–Kier alpha value is -1.88. The lowest BCUT2D eigenvalue weighted by atomic mass is 10.0. The third-order valence-corrected chi connectivity index (χ3v) is 7.19. The second kappa shape index (κ2) is 32.6. The van der Waals surface area contributed by atoms with E-state index < -0.39 is 6.10 Å². The molecule has 0 rings (SSSR count). The number of rotatable bonds is 30. The topological polar surface area (TPSA) is 72.8 Å². The lowest BCUT2D eigenvalue weighted by Crippen LogP contribution is -2.28. The predicted molar refractivity (Wildman–Crippen MR) is 173 cm³/mol. The molecule has 0 unspecified atom stereocenters. The maximum atomic E-state index is 12.1. The molecule has 0 spiro atoms. The first kappa shape index (κ1) is 39.1. The van der Waals surface area contributed by atoms with Crippen LogP contribution in [-0.2, 0) is 19.1 Å². The average Bonchev–Trinajstić information content (AvgIpc) is 2.97. The fourth-order valence-electron chi connectivity index (χ4n) is 4.56. The number of esters is 2. The Morgan fingerprint density at radius 3 is 1.51 bits per heavy atom. The van der Waals surface area contributed by atoms with Crippen molar-refractivity contribution in [2.24, 2.45) is 0 Å². The summed E-state index contributed by atoms with van der Waals surface area (Å²) >= 11 is 0. The van der Waals surface area contributed by atoms with E-state index >= 15 is 0 Å². The highest BCUT2D eigenvalue weighted by Crippen LogP contribution is 2.13. The first-order chi connectivity index (χ1) is 20.1. The Morgan fingerprint density at radius 2 is 0.976 bits per heavy atom. The molecule has 238 valence electrons. The summed E-state index contributed by atoms with van der Waals surface area (Å²) in [6, 6.07) is 0. The molecule has 0 radical (unpaired) electrons. The van der Waals surface area contributed by atoms with Gasteiger partial charge in [-0.1, -0.05) is 134 Å².